The molecule has 0 aliphatic rings. The molecule has 8 heteroatoms. The number of thioether (sulfide) groups is 1. The van der Waals surface area contributed by atoms with Gasteiger partial charge in [-0.05, 0) is 6.92 Å². The number of carboxylic acid groups (broad SMARTS) is 1. The molecule has 0 aliphatic carbocycles. The molecule has 19 heavy (non-hydrogen) atoms. The van der Waals surface area contributed by atoms with Crippen LogP contribution in [0.3, 0.4) is 0 Å². The summed E-state index contributed by atoms with van der Waals surface area (Å²) < 4.78 is 4.89. The number of carbonyl (C=O) groups is 3. The molecule has 2 N–H and O–H groups in total. The van der Waals surface area contributed by atoms with Crippen LogP contribution in [0.5, 0.6) is 0 Å². The van der Waals surface area contributed by atoms with Crippen molar-refractivity contribution < 1.29 is 24.2 Å². The van der Waals surface area contributed by atoms with Crippen molar-refractivity contribution in [3.63, 3.8) is 0 Å². The predicted molar refractivity (Wildman–Crippen MR) is 72.2 cm³/mol. The first-order valence-corrected chi connectivity index (χ1v) is 6.77. The summed E-state index contributed by atoms with van der Waals surface area (Å²) in [6, 6.07) is -1.44. The maximum absolute atomic E-state index is 11.8. The van der Waals surface area contributed by atoms with E-state index in [1.165, 1.54) is 25.9 Å². The van der Waals surface area contributed by atoms with Crippen molar-refractivity contribution in [3.8, 4) is 0 Å². The highest BCUT2D eigenvalue weighted by atomic mass is 32.2. The van der Waals surface area contributed by atoms with E-state index >= 15 is 0 Å². The second kappa shape index (κ2) is 9.62. The summed E-state index contributed by atoms with van der Waals surface area (Å²) in [7, 11) is 1.51. The van der Waals surface area contributed by atoms with Gasteiger partial charge < -0.3 is 20.1 Å². The number of methoxy groups -OCH3 is 1. The second-order valence-electron chi connectivity index (χ2n) is 3.83. The fourth-order valence-electron chi connectivity index (χ4n) is 1.15. The minimum absolute atomic E-state index is 0.0222. The molecule has 0 rings (SSSR count). The molecule has 0 aromatic carbocycles. The molecular weight excluding hydrogens is 272 g/mol. The van der Waals surface area contributed by atoms with Crippen molar-refractivity contribution in [2.75, 3.05) is 32.6 Å². The van der Waals surface area contributed by atoms with E-state index < -0.39 is 18.0 Å². The van der Waals surface area contributed by atoms with E-state index in [0.717, 1.165) is 11.8 Å². The summed E-state index contributed by atoms with van der Waals surface area (Å²) in [4.78, 5) is 34.8. The average Bonchev–Trinajstić information content (AvgIpc) is 2.32. The largest absolute Gasteiger partial charge is 0.480 e. The number of rotatable bonds is 8. The predicted octanol–water partition coefficient (Wildman–Crippen LogP) is 0.397. The van der Waals surface area contributed by atoms with E-state index in [-0.39, 0.29) is 5.12 Å². The lowest BCUT2D eigenvalue weighted by atomic mass is 10.3. The van der Waals surface area contributed by atoms with E-state index in [0.29, 0.717) is 25.4 Å². The Balaban J connectivity index is 4.33. The van der Waals surface area contributed by atoms with Gasteiger partial charge in [0.05, 0.1) is 6.61 Å². The molecule has 7 nitrogen and oxygen atoms in total. The number of hydrogen-bond donors (Lipinski definition) is 2. The molecule has 0 radical (unpaired) electrons. The first kappa shape index (κ1) is 17.7. The lowest BCUT2D eigenvalue weighted by molar-refractivity contribution is -0.138. The summed E-state index contributed by atoms with van der Waals surface area (Å²) in [5.41, 5.74) is 0. The van der Waals surface area contributed by atoms with Gasteiger partial charge in [0.2, 0.25) is 0 Å². The van der Waals surface area contributed by atoms with Crippen LogP contribution in [0.25, 0.3) is 0 Å². The molecule has 0 heterocycles. The maximum Gasteiger partial charge on any atom is 0.325 e. The van der Waals surface area contributed by atoms with Crippen molar-refractivity contribution >= 4 is 28.9 Å². The van der Waals surface area contributed by atoms with Gasteiger partial charge in [-0.25, -0.2) is 4.79 Å². The molecular formula is C11H20N2O5S. The summed E-state index contributed by atoms with van der Waals surface area (Å²) in [5.74, 6) is -0.633. The highest BCUT2D eigenvalue weighted by Crippen LogP contribution is 2.03. The van der Waals surface area contributed by atoms with E-state index in [9.17, 15) is 14.4 Å². The monoisotopic (exact) mass is 292 g/mol. The average molecular weight is 292 g/mol. The van der Waals surface area contributed by atoms with Crippen LogP contribution in [0.1, 0.15) is 13.8 Å². The van der Waals surface area contributed by atoms with Crippen LogP contribution >= 0.6 is 11.8 Å². The third kappa shape index (κ3) is 8.44. The van der Waals surface area contributed by atoms with Crippen molar-refractivity contribution in [2.24, 2.45) is 0 Å². The Labute approximate surface area is 116 Å². The van der Waals surface area contributed by atoms with Gasteiger partial charge in [0.1, 0.15) is 6.04 Å². The smallest absolute Gasteiger partial charge is 0.325 e. The number of hydrogen-bond acceptors (Lipinski definition) is 5. The number of carboxylic acids is 1. The topological polar surface area (TPSA) is 95.9 Å². The zero-order chi connectivity index (χ0) is 14.8. The second-order valence-corrected chi connectivity index (χ2v) is 5.10. The number of amides is 2. The van der Waals surface area contributed by atoms with Crippen LogP contribution < -0.4 is 5.32 Å². The number of carbonyl (C=O) groups excluding carboxylic acids is 2. The van der Waals surface area contributed by atoms with Gasteiger partial charge in [0, 0.05) is 32.9 Å². The van der Waals surface area contributed by atoms with Crippen LogP contribution in [0, 0.1) is 0 Å². The van der Waals surface area contributed by atoms with Gasteiger partial charge in [-0.15, -0.1) is 0 Å². The zero-order valence-corrected chi connectivity index (χ0v) is 12.2. The van der Waals surface area contributed by atoms with Crippen LogP contribution in [-0.2, 0) is 14.3 Å². The van der Waals surface area contributed by atoms with Crippen LogP contribution in [0.4, 0.5) is 4.79 Å². The van der Waals surface area contributed by atoms with Gasteiger partial charge in [-0.1, -0.05) is 11.8 Å². The third-order valence-electron chi connectivity index (χ3n) is 2.23. The first-order valence-electron chi connectivity index (χ1n) is 5.79. The summed E-state index contributed by atoms with van der Waals surface area (Å²) in [6.45, 7) is 3.88. The maximum atomic E-state index is 11.8. The number of urea groups is 1. The molecule has 0 fully saturated rings. The van der Waals surface area contributed by atoms with Gasteiger partial charge in [0.25, 0.3) is 0 Å². The van der Waals surface area contributed by atoms with Crippen molar-refractivity contribution in [3.05, 3.63) is 0 Å². The van der Waals surface area contributed by atoms with Gasteiger partial charge in [-0.2, -0.15) is 0 Å². The van der Waals surface area contributed by atoms with Crippen molar-refractivity contribution in [1.29, 1.82) is 0 Å². The molecule has 2 amide bonds. The molecule has 0 aromatic heterocycles. The Bertz CT molecular complexity index is 324. The minimum Gasteiger partial charge on any atom is -0.480 e. The highest BCUT2D eigenvalue weighted by molar-refractivity contribution is 8.13. The SMILES string of the molecule is COCCN(CCSC(C)=O)C(=O)N[C@@H](C)C(=O)O. The van der Waals surface area contributed by atoms with Gasteiger partial charge >= 0.3 is 12.0 Å². The Morgan fingerprint density at radius 2 is 2.00 bits per heavy atom. The minimum atomic E-state index is -1.10. The van der Waals surface area contributed by atoms with E-state index in [2.05, 4.69) is 5.32 Å². The molecule has 0 bridgehead atoms. The molecule has 0 aliphatic heterocycles. The normalized spacial score (nSPS) is 11.7. The Morgan fingerprint density at radius 1 is 1.37 bits per heavy atom. The number of aliphatic carboxylic acids is 1. The van der Waals surface area contributed by atoms with E-state index in [4.69, 9.17) is 9.84 Å². The van der Waals surface area contributed by atoms with Gasteiger partial charge in [0.15, 0.2) is 5.12 Å². The molecule has 0 saturated carbocycles. The Kier molecular flexibility index (Phi) is 8.98. The first-order chi connectivity index (χ1) is 8.88. The highest BCUT2D eigenvalue weighted by Gasteiger charge is 2.19. The molecule has 1 atom stereocenters. The van der Waals surface area contributed by atoms with Crippen molar-refractivity contribution in [1.82, 2.24) is 10.2 Å². The molecule has 110 valence electrons. The zero-order valence-electron chi connectivity index (χ0n) is 11.3. The fourth-order valence-corrected chi connectivity index (χ4v) is 1.75. The lowest BCUT2D eigenvalue weighted by Gasteiger charge is -2.23. The molecule has 0 unspecified atom stereocenters. The lowest BCUT2D eigenvalue weighted by Crippen LogP contribution is -2.48. The molecule has 0 spiro atoms. The standard InChI is InChI=1S/C11H20N2O5S/c1-8(10(15)16)12-11(17)13(4-6-18-3)5-7-19-9(2)14/h8H,4-7H2,1-3H3,(H,12,17)(H,15,16)/t8-/m0/s1. The van der Waals surface area contributed by atoms with Crippen LogP contribution in [0.2, 0.25) is 0 Å². The Hall–Kier alpha value is -1.28. The van der Waals surface area contributed by atoms with E-state index in [1.807, 2.05) is 0 Å². The number of nitrogens with one attached hydrogen (secondary N) is 1. The van der Waals surface area contributed by atoms with Gasteiger partial charge in [-0.3, -0.25) is 9.59 Å². The summed E-state index contributed by atoms with van der Waals surface area (Å²) in [6.07, 6.45) is 0. The Morgan fingerprint density at radius 3 is 2.47 bits per heavy atom. The molecule has 0 aromatic rings. The number of nitrogens with zero attached hydrogens (tertiary/aromatic N) is 1. The quantitative estimate of drug-likeness (QED) is 0.672. The third-order valence-corrected chi connectivity index (χ3v) is 3.02. The summed E-state index contributed by atoms with van der Waals surface area (Å²) >= 11 is 1.12. The van der Waals surface area contributed by atoms with Crippen LogP contribution in [0.15, 0.2) is 0 Å². The summed E-state index contributed by atoms with van der Waals surface area (Å²) in [5, 5.41) is 11.1. The fraction of sp³-hybridized carbons (Fsp3) is 0.727. The van der Waals surface area contributed by atoms with Crippen LogP contribution in [-0.4, -0.2) is 65.7 Å². The number of ether oxygens (including phenoxy) is 1. The van der Waals surface area contributed by atoms with Crippen molar-refractivity contribution in [2.45, 2.75) is 19.9 Å². The molecule has 0 saturated heterocycles. The van der Waals surface area contributed by atoms with E-state index in [1.54, 1.807) is 0 Å².